The smallest absolute Gasteiger partial charge is 0.144 e. The Labute approximate surface area is 111 Å². The summed E-state index contributed by atoms with van der Waals surface area (Å²) in [6.07, 6.45) is 0.891. The normalized spacial score (nSPS) is 10.3. The average molecular weight is 263 g/mol. The monoisotopic (exact) mass is 263 g/mol. The summed E-state index contributed by atoms with van der Waals surface area (Å²) >= 11 is 1.61. The van der Waals surface area contributed by atoms with Gasteiger partial charge in [-0.25, -0.2) is 4.98 Å². The molecule has 2 rings (SSSR count). The van der Waals surface area contributed by atoms with Crippen LogP contribution in [0.1, 0.15) is 12.6 Å². The van der Waals surface area contributed by atoms with Crippen LogP contribution in [0, 0.1) is 0 Å². The van der Waals surface area contributed by atoms with E-state index in [-0.39, 0.29) is 0 Å². The Morgan fingerprint density at radius 1 is 1.44 bits per heavy atom. The van der Waals surface area contributed by atoms with E-state index >= 15 is 0 Å². The predicted molar refractivity (Wildman–Crippen MR) is 76.3 cm³/mol. The Morgan fingerprint density at radius 2 is 2.33 bits per heavy atom. The number of nitrogens with one attached hydrogen (secondary N) is 1. The summed E-state index contributed by atoms with van der Waals surface area (Å²) in [4.78, 5) is 4.24. The molecular weight excluding hydrogens is 246 g/mol. The van der Waals surface area contributed by atoms with Crippen LogP contribution in [0.25, 0.3) is 0 Å². The number of anilines is 2. The number of nitrogens with two attached hydrogens (primary N) is 1. The molecule has 18 heavy (non-hydrogen) atoms. The molecule has 96 valence electrons. The minimum absolute atomic E-state index is 0.618. The minimum atomic E-state index is 0.618. The number of ether oxygens (including phenoxy) is 1. The van der Waals surface area contributed by atoms with E-state index in [4.69, 9.17) is 10.5 Å². The van der Waals surface area contributed by atoms with Gasteiger partial charge in [-0.1, -0.05) is 6.07 Å². The Kier molecular flexibility index (Phi) is 4.41. The molecule has 2 aromatic rings. The Balaban J connectivity index is 1.94. The predicted octanol–water partition coefficient (Wildman–Crippen LogP) is 2.78. The number of nitrogen functional groups attached to an aromatic ring is 1. The number of rotatable bonds is 6. The van der Waals surface area contributed by atoms with Crippen LogP contribution in [0.5, 0.6) is 5.75 Å². The quantitative estimate of drug-likeness (QED) is 0.787. The van der Waals surface area contributed by atoms with Crippen LogP contribution in [-0.4, -0.2) is 18.1 Å². The maximum Gasteiger partial charge on any atom is 0.144 e. The third kappa shape index (κ3) is 3.13. The number of aromatic nitrogens is 1. The summed E-state index contributed by atoms with van der Waals surface area (Å²) in [6.45, 7) is 3.37. The molecule has 1 heterocycles. The summed E-state index contributed by atoms with van der Waals surface area (Å²) in [5, 5.41) is 5.37. The molecule has 0 atom stereocenters. The molecule has 5 heteroatoms. The van der Waals surface area contributed by atoms with Crippen LogP contribution in [0.2, 0.25) is 0 Å². The van der Waals surface area contributed by atoms with Crippen molar-refractivity contribution >= 4 is 22.7 Å². The molecule has 4 nitrogen and oxygen atoms in total. The van der Waals surface area contributed by atoms with Gasteiger partial charge in [-0.2, -0.15) is 0 Å². The van der Waals surface area contributed by atoms with Crippen LogP contribution in [0.15, 0.2) is 29.1 Å². The summed E-state index contributed by atoms with van der Waals surface area (Å²) in [5.74, 6) is 0.733. The molecule has 1 aromatic heterocycles. The first kappa shape index (κ1) is 12.7. The number of thiazole rings is 1. The number of hydrogen-bond acceptors (Lipinski definition) is 5. The molecule has 0 unspecified atom stereocenters. The fraction of sp³-hybridized carbons (Fsp3) is 0.308. The fourth-order valence-corrected chi connectivity index (χ4v) is 2.26. The van der Waals surface area contributed by atoms with Gasteiger partial charge in [0.05, 0.1) is 29.2 Å². The van der Waals surface area contributed by atoms with E-state index < -0.39 is 0 Å². The Morgan fingerprint density at radius 3 is 3.06 bits per heavy atom. The average Bonchev–Trinajstić information content (AvgIpc) is 2.87. The molecule has 1 aromatic carbocycles. The van der Waals surface area contributed by atoms with Gasteiger partial charge in [-0.3, -0.25) is 0 Å². The van der Waals surface area contributed by atoms with E-state index in [0.29, 0.717) is 12.3 Å². The van der Waals surface area contributed by atoms with Gasteiger partial charge in [0.15, 0.2) is 0 Å². The summed E-state index contributed by atoms with van der Waals surface area (Å²) in [5.41, 5.74) is 10.6. The lowest BCUT2D eigenvalue weighted by Gasteiger charge is -2.12. The molecule has 0 bridgehead atoms. The van der Waals surface area contributed by atoms with Gasteiger partial charge in [-0.05, 0) is 19.1 Å². The molecule has 0 amide bonds. The summed E-state index contributed by atoms with van der Waals surface area (Å²) < 4.78 is 5.45. The number of hydrogen-bond donors (Lipinski definition) is 2. The SMILES string of the molecule is CCOc1cccc(NCCc2cscn2)c1N. The first-order chi connectivity index (χ1) is 8.81. The zero-order valence-corrected chi connectivity index (χ0v) is 11.2. The third-order valence-corrected chi connectivity index (χ3v) is 3.18. The van der Waals surface area contributed by atoms with Gasteiger partial charge >= 0.3 is 0 Å². The molecule has 0 radical (unpaired) electrons. The van der Waals surface area contributed by atoms with E-state index in [1.54, 1.807) is 11.3 Å². The Bertz CT molecular complexity index is 485. The van der Waals surface area contributed by atoms with E-state index in [2.05, 4.69) is 15.7 Å². The number of nitrogens with zero attached hydrogens (tertiary/aromatic N) is 1. The second kappa shape index (κ2) is 6.26. The lowest BCUT2D eigenvalue weighted by Crippen LogP contribution is -2.08. The lowest BCUT2D eigenvalue weighted by atomic mass is 10.2. The number of para-hydroxylation sites is 1. The van der Waals surface area contributed by atoms with Crippen LogP contribution in [-0.2, 0) is 6.42 Å². The van der Waals surface area contributed by atoms with Crippen LogP contribution < -0.4 is 15.8 Å². The zero-order chi connectivity index (χ0) is 12.8. The highest BCUT2D eigenvalue weighted by molar-refractivity contribution is 7.07. The van der Waals surface area contributed by atoms with Gasteiger partial charge in [0.2, 0.25) is 0 Å². The minimum Gasteiger partial charge on any atom is -0.492 e. The lowest BCUT2D eigenvalue weighted by molar-refractivity contribution is 0.342. The maximum atomic E-state index is 6.03. The third-order valence-electron chi connectivity index (χ3n) is 2.55. The molecule has 0 saturated carbocycles. The van der Waals surface area contributed by atoms with Crippen molar-refractivity contribution in [2.45, 2.75) is 13.3 Å². The molecular formula is C13H17N3OS. The summed E-state index contributed by atoms with van der Waals surface area (Å²) in [7, 11) is 0. The van der Waals surface area contributed by atoms with Crippen LogP contribution >= 0.6 is 11.3 Å². The van der Waals surface area contributed by atoms with Crippen molar-refractivity contribution in [3.63, 3.8) is 0 Å². The van der Waals surface area contributed by atoms with E-state index in [0.717, 1.165) is 30.1 Å². The maximum absolute atomic E-state index is 6.03. The van der Waals surface area contributed by atoms with Crippen molar-refractivity contribution in [2.24, 2.45) is 0 Å². The highest BCUT2D eigenvalue weighted by Gasteiger charge is 2.05. The van der Waals surface area contributed by atoms with Crippen molar-refractivity contribution in [1.82, 2.24) is 4.98 Å². The van der Waals surface area contributed by atoms with Gasteiger partial charge in [-0.15, -0.1) is 11.3 Å². The Hall–Kier alpha value is -1.75. The van der Waals surface area contributed by atoms with Crippen LogP contribution in [0.4, 0.5) is 11.4 Å². The van der Waals surface area contributed by atoms with Gasteiger partial charge < -0.3 is 15.8 Å². The van der Waals surface area contributed by atoms with Crippen molar-refractivity contribution in [2.75, 3.05) is 24.2 Å². The fourth-order valence-electron chi connectivity index (χ4n) is 1.67. The largest absolute Gasteiger partial charge is 0.492 e. The molecule has 0 spiro atoms. The highest BCUT2D eigenvalue weighted by atomic mass is 32.1. The topological polar surface area (TPSA) is 60.2 Å². The van der Waals surface area contributed by atoms with E-state index in [1.807, 2.05) is 30.6 Å². The molecule has 0 aliphatic carbocycles. The molecule has 0 fully saturated rings. The first-order valence-electron chi connectivity index (χ1n) is 5.93. The standard InChI is InChI=1S/C13H17N3OS/c1-2-17-12-5-3-4-11(13(12)14)15-7-6-10-8-18-9-16-10/h3-5,8-9,15H,2,6-7,14H2,1H3. The van der Waals surface area contributed by atoms with Gasteiger partial charge in [0.1, 0.15) is 5.75 Å². The summed E-state index contributed by atoms with van der Waals surface area (Å²) in [6, 6.07) is 5.77. The molecule has 3 N–H and O–H groups in total. The molecule has 0 aliphatic rings. The van der Waals surface area contributed by atoms with Gasteiger partial charge in [0.25, 0.3) is 0 Å². The van der Waals surface area contributed by atoms with E-state index in [1.165, 1.54) is 0 Å². The van der Waals surface area contributed by atoms with E-state index in [9.17, 15) is 0 Å². The van der Waals surface area contributed by atoms with Crippen molar-refractivity contribution in [1.29, 1.82) is 0 Å². The zero-order valence-electron chi connectivity index (χ0n) is 10.3. The van der Waals surface area contributed by atoms with Gasteiger partial charge in [0, 0.05) is 18.3 Å². The number of benzene rings is 1. The second-order valence-corrected chi connectivity index (χ2v) is 4.53. The molecule has 0 saturated heterocycles. The first-order valence-corrected chi connectivity index (χ1v) is 6.87. The van der Waals surface area contributed by atoms with Crippen molar-refractivity contribution < 1.29 is 4.74 Å². The van der Waals surface area contributed by atoms with Crippen LogP contribution in [0.3, 0.4) is 0 Å². The van der Waals surface area contributed by atoms with Crippen molar-refractivity contribution in [3.8, 4) is 5.75 Å². The van der Waals surface area contributed by atoms with Crippen molar-refractivity contribution in [3.05, 3.63) is 34.8 Å². The second-order valence-electron chi connectivity index (χ2n) is 3.81. The highest BCUT2D eigenvalue weighted by Crippen LogP contribution is 2.29. The molecule has 0 aliphatic heterocycles.